The molecule has 0 aromatic heterocycles. The molecule has 0 aliphatic carbocycles. The van der Waals surface area contributed by atoms with Crippen molar-refractivity contribution in [2.45, 2.75) is 13.8 Å². The normalized spacial score (nSPS) is 14.4. The van der Waals surface area contributed by atoms with Crippen LogP contribution < -0.4 is 15.7 Å². The van der Waals surface area contributed by atoms with Gasteiger partial charge < -0.3 is 0 Å². The Morgan fingerprint density at radius 2 is 2.00 bits per heavy atom. The van der Waals surface area contributed by atoms with Gasteiger partial charge in [-0.25, -0.2) is 0 Å². The largest absolute Gasteiger partial charge is 0.105 e. The van der Waals surface area contributed by atoms with E-state index in [1.807, 2.05) is 13.0 Å². The summed E-state index contributed by atoms with van der Waals surface area (Å²) >= 11 is 0. The highest BCUT2D eigenvalue weighted by atomic mass is 31.0. The molecule has 0 heterocycles. The Balaban J connectivity index is 3.50. The van der Waals surface area contributed by atoms with Crippen LogP contribution in [0.4, 0.5) is 0 Å². The predicted molar refractivity (Wildman–Crippen MR) is 64.5 cm³/mol. The third-order valence-electron chi connectivity index (χ3n) is 1.94. The molecule has 0 nitrogen and oxygen atoms in total. The van der Waals surface area contributed by atoms with Crippen LogP contribution in [-0.2, 0) is 0 Å². The lowest BCUT2D eigenvalue weighted by Crippen LogP contribution is -2.34. The van der Waals surface area contributed by atoms with E-state index in [1.54, 1.807) is 0 Å². The monoisotopic (exact) mass is 190 g/mol. The highest BCUT2D eigenvalue weighted by molar-refractivity contribution is 7.27. The lowest BCUT2D eigenvalue weighted by Gasteiger charge is -1.94. The van der Waals surface area contributed by atoms with Crippen molar-refractivity contribution < 1.29 is 0 Å². The van der Waals surface area contributed by atoms with E-state index in [0.717, 1.165) is 0 Å². The first-order valence-corrected chi connectivity index (χ1v) is 5.01. The number of hydrogen-bond acceptors (Lipinski definition) is 0. The summed E-state index contributed by atoms with van der Waals surface area (Å²) < 4.78 is 0. The van der Waals surface area contributed by atoms with Gasteiger partial charge in [-0.05, 0) is 29.6 Å². The van der Waals surface area contributed by atoms with E-state index in [1.165, 1.54) is 15.7 Å². The summed E-state index contributed by atoms with van der Waals surface area (Å²) in [6.07, 6.45) is 8.37. The van der Waals surface area contributed by atoms with Gasteiger partial charge in [-0.2, -0.15) is 0 Å². The number of hydrogen-bond donors (Lipinski definition) is 0. The van der Waals surface area contributed by atoms with E-state index in [4.69, 9.17) is 0 Å². The van der Waals surface area contributed by atoms with E-state index in [9.17, 15) is 0 Å². The summed E-state index contributed by atoms with van der Waals surface area (Å²) in [5.74, 6) is 0. The molecule has 13 heavy (non-hydrogen) atoms. The van der Waals surface area contributed by atoms with Crippen LogP contribution in [0.25, 0.3) is 12.2 Å². The van der Waals surface area contributed by atoms with Gasteiger partial charge in [0.15, 0.2) is 0 Å². The Hall–Kier alpha value is -0.870. The first kappa shape index (κ1) is 10.2. The summed E-state index contributed by atoms with van der Waals surface area (Å²) in [4.78, 5) is 0. The second-order valence-corrected chi connectivity index (χ2v) is 3.45. The van der Waals surface area contributed by atoms with Gasteiger partial charge in [0.05, 0.1) is 0 Å². The second kappa shape index (κ2) is 4.99. The van der Waals surface area contributed by atoms with Crippen molar-refractivity contribution in [1.82, 2.24) is 0 Å². The molecule has 0 saturated carbocycles. The summed E-state index contributed by atoms with van der Waals surface area (Å²) in [6, 6.07) is 6.31. The molecular formula is C12H15P. The highest BCUT2D eigenvalue weighted by Gasteiger charge is 1.87. The van der Waals surface area contributed by atoms with E-state index in [0.29, 0.717) is 0 Å². The van der Waals surface area contributed by atoms with Crippen molar-refractivity contribution in [2.24, 2.45) is 0 Å². The van der Waals surface area contributed by atoms with Gasteiger partial charge in [0.1, 0.15) is 0 Å². The second-order valence-electron chi connectivity index (χ2n) is 2.83. The quantitative estimate of drug-likeness (QED) is 0.586. The van der Waals surface area contributed by atoms with Crippen molar-refractivity contribution in [2.75, 3.05) is 0 Å². The van der Waals surface area contributed by atoms with E-state index < -0.39 is 0 Å². The zero-order valence-corrected chi connectivity index (χ0v) is 9.27. The molecule has 0 N–H and O–H groups in total. The van der Waals surface area contributed by atoms with Gasteiger partial charge in [-0.15, -0.1) is 9.24 Å². The van der Waals surface area contributed by atoms with Crippen molar-refractivity contribution in [1.29, 1.82) is 0 Å². The third kappa shape index (κ3) is 2.54. The van der Waals surface area contributed by atoms with Gasteiger partial charge in [0.2, 0.25) is 0 Å². The fraction of sp³-hybridized carbons (Fsp3) is 0.167. The van der Waals surface area contributed by atoms with Gasteiger partial charge in [-0.3, -0.25) is 0 Å². The Labute approximate surface area is 81.9 Å². The van der Waals surface area contributed by atoms with Gasteiger partial charge in [0, 0.05) is 0 Å². The zero-order valence-electron chi connectivity index (χ0n) is 8.12. The van der Waals surface area contributed by atoms with E-state index in [2.05, 4.69) is 52.6 Å². The molecule has 0 spiro atoms. The fourth-order valence-electron chi connectivity index (χ4n) is 1.24. The van der Waals surface area contributed by atoms with Gasteiger partial charge in [-0.1, -0.05) is 42.5 Å². The summed E-state index contributed by atoms with van der Waals surface area (Å²) in [6.45, 7) is 4.09. The van der Waals surface area contributed by atoms with Gasteiger partial charge >= 0.3 is 0 Å². The number of rotatable bonds is 1. The van der Waals surface area contributed by atoms with Crippen LogP contribution in [0.1, 0.15) is 13.8 Å². The van der Waals surface area contributed by atoms with Crippen molar-refractivity contribution >= 4 is 26.7 Å². The van der Waals surface area contributed by atoms with Crippen LogP contribution in [0.5, 0.6) is 0 Å². The van der Waals surface area contributed by atoms with Crippen LogP contribution in [-0.4, -0.2) is 0 Å². The molecule has 0 radical (unpaired) electrons. The molecule has 0 fully saturated rings. The third-order valence-corrected chi connectivity index (χ3v) is 2.44. The van der Waals surface area contributed by atoms with E-state index >= 15 is 0 Å². The molecule has 0 bridgehead atoms. The summed E-state index contributed by atoms with van der Waals surface area (Å²) in [7, 11) is 2.76. The average molecular weight is 190 g/mol. The first-order chi connectivity index (χ1) is 6.29. The van der Waals surface area contributed by atoms with E-state index in [-0.39, 0.29) is 0 Å². The zero-order chi connectivity index (χ0) is 9.68. The molecule has 0 saturated heterocycles. The van der Waals surface area contributed by atoms with Crippen LogP contribution in [0, 0.1) is 0 Å². The van der Waals surface area contributed by atoms with Gasteiger partial charge in [0.25, 0.3) is 0 Å². The van der Waals surface area contributed by atoms with Crippen LogP contribution in [0.3, 0.4) is 0 Å². The smallest absolute Gasteiger partial charge is 0.0116 e. The summed E-state index contributed by atoms with van der Waals surface area (Å²) in [5, 5.41) is 3.81. The topological polar surface area (TPSA) is 0 Å². The Kier molecular flexibility index (Phi) is 3.92. The molecular weight excluding hydrogens is 175 g/mol. The highest BCUT2D eigenvalue weighted by Crippen LogP contribution is 1.80. The molecule has 1 unspecified atom stereocenters. The van der Waals surface area contributed by atoms with Crippen LogP contribution in [0.2, 0.25) is 0 Å². The maximum Gasteiger partial charge on any atom is -0.0116 e. The predicted octanol–water partition coefficient (Wildman–Crippen LogP) is 1.34. The number of allylic oxidation sites excluding steroid dienone is 2. The minimum atomic E-state index is 1.24. The molecule has 1 aromatic rings. The van der Waals surface area contributed by atoms with Crippen molar-refractivity contribution in [3.05, 3.63) is 40.8 Å². The molecule has 68 valence electrons. The Morgan fingerprint density at radius 1 is 1.23 bits per heavy atom. The first-order valence-electron chi connectivity index (χ1n) is 4.43. The average Bonchev–Trinajstić information content (AvgIpc) is 2.15. The minimum absolute atomic E-state index is 1.24. The van der Waals surface area contributed by atoms with Crippen LogP contribution >= 0.6 is 9.24 Å². The van der Waals surface area contributed by atoms with Crippen molar-refractivity contribution in [3.63, 3.8) is 0 Å². The SMILES string of the molecule is C\C=C/C=c1/c(P)ccc/c1=C/C. The standard InChI is InChI=1S/C12H15P/c1-3-5-8-11-10(4-2)7-6-9-12(11)13/h3-9H,13H2,1-2H3/b5-3-,10-4-,11-8+. The molecule has 0 aliphatic rings. The molecule has 0 aliphatic heterocycles. The lowest BCUT2D eigenvalue weighted by atomic mass is 10.2. The molecule has 0 amide bonds. The summed E-state index contributed by atoms with van der Waals surface area (Å²) in [5.41, 5.74) is 0. The molecule has 1 aromatic carbocycles. The Morgan fingerprint density at radius 3 is 2.62 bits per heavy atom. The number of benzene rings is 1. The van der Waals surface area contributed by atoms with Crippen molar-refractivity contribution in [3.8, 4) is 0 Å². The molecule has 1 rings (SSSR count). The maximum absolute atomic E-state index is 2.76. The van der Waals surface area contributed by atoms with Crippen LogP contribution in [0.15, 0.2) is 30.4 Å². The Bertz CT molecular complexity index is 413. The lowest BCUT2D eigenvalue weighted by molar-refractivity contribution is 1.55. The molecule has 1 atom stereocenters. The molecule has 1 heteroatoms. The fourth-order valence-corrected chi connectivity index (χ4v) is 1.61. The minimum Gasteiger partial charge on any atom is -0.105 e. The maximum atomic E-state index is 2.76.